The topological polar surface area (TPSA) is 68.9 Å². The molecular formula is C24H22N4O2S2. The fourth-order valence-electron chi connectivity index (χ4n) is 4.01. The maximum atomic E-state index is 12.9. The fraction of sp³-hybridized carbons (Fsp3) is 0.208. The van der Waals surface area contributed by atoms with Gasteiger partial charge in [-0.05, 0) is 49.6 Å². The first-order chi connectivity index (χ1) is 15.5. The Morgan fingerprint density at radius 3 is 2.72 bits per heavy atom. The van der Waals surface area contributed by atoms with Gasteiger partial charge in [0, 0.05) is 41.1 Å². The lowest BCUT2D eigenvalue weighted by Crippen LogP contribution is -2.25. The van der Waals surface area contributed by atoms with Crippen molar-refractivity contribution >= 4 is 66.7 Å². The summed E-state index contributed by atoms with van der Waals surface area (Å²) in [6.07, 6.45) is 0. The predicted molar refractivity (Wildman–Crippen MR) is 134 cm³/mol. The molecule has 162 valence electrons. The third-order valence-electron chi connectivity index (χ3n) is 5.67. The van der Waals surface area contributed by atoms with Crippen LogP contribution in [0.5, 0.6) is 0 Å². The van der Waals surface area contributed by atoms with Crippen LogP contribution in [0.4, 0.5) is 5.69 Å². The van der Waals surface area contributed by atoms with E-state index in [1.54, 1.807) is 13.1 Å². The Morgan fingerprint density at radius 2 is 1.91 bits per heavy atom. The lowest BCUT2D eigenvalue weighted by molar-refractivity contribution is -0.115. The summed E-state index contributed by atoms with van der Waals surface area (Å²) >= 11 is 2.71. The molecule has 1 unspecified atom stereocenters. The summed E-state index contributed by atoms with van der Waals surface area (Å²) in [4.78, 5) is 30.7. The van der Waals surface area contributed by atoms with Crippen LogP contribution in [-0.4, -0.2) is 25.3 Å². The summed E-state index contributed by atoms with van der Waals surface area (Å²) in [5, 5.41) is 7.91. The molecule has 8 heteroatoms. The number of anilines is 1. The molecule has 0 saturated heterocycles. The van der Waals surface area contributed by atoms with Crippen molar-refractivity contribution in [1.29, 1.82) is 0 Å². The van der Waals surface area contributed by atoms with E-state index in [1.165, 1.54) is 38.6 Å². The molecule has 0 fully saturated rings. The third kappa shape index (κ3) is 3.40. The molecule has 0 spiro atoms. The molecule has 1 amide bonds. The van der Waals surface area contributed by atoms with Crippen molar-refractivity contribution in [3.8, 4) is 0 Å². The summed E-state index contributed by atoms with van der Waals surface area (Å²) < 4.78 is 3.79. The van der Waals surface area contributed by atoms with E-state index in [0.29, 0.717) is 15.4 Å². The molecule has 0 aliphatic rings. The zero-order chi connectivity index (χ0) is 22.4. The Kier molecular flexibility index (Phi) is 5.27. The summed E-state index contributed by atoms with van der Waals surface area (Å²) in [5.74, 6) is -0.130. The summed E-state index contributed by atoms with van der Waals surface area (Å²) in [6.45, 7) is 4.84. The van der Waals surface area contributed by atoms with Crippen LogP contribution >= 0.6 is 23.1 Å². The molecule has 0 radical (unpaired) electrons. The lowest BCUT2D eigenvalue weighted by atomic mass is 10.1. The van der Waals surface area contributed by atoms with Gasteiger partial charge in [-0.3, -0.25) is 14.2 Å². The van der Waals surface area contributed by atoms with Crippen LogP contribution in [0.25, 0.3) is 32.0 Å². The zero-order valence-electron chi connectivity index (χ0n) is 18.0. The van der Waals surface area contributed by atoms with Gasteiger partial charge < -0.3 is 9.88 Å². The Balaban J connectivity index is 1.42. The van der Waals surface area contributed by atoms with E-state index >= 15 is 0 Å². The monoisotopic (exact) mass is 462 g/mol. The first-order valence-corrected chi connectivity index (χ1v) is 12.2. The van der Waals surface area contributed by atoms with Crippen LogP contribution in [0, 0.1) is 0 Å². The van der Waals surface area contributed by atoms with Gasteiger partial charge in [0.1, 0.15) is 4.83 Å². The average molecular weight is 463 g/mol. The second kappa shape index (κ2) is 8.11. The Hall–Kier alpha value is -3.10. The van der Waals surface area contributed by atoms with Crippen LogP contribution in [0.15, 0.2) is 63.9 Å². The van der Waals surface area contributed by atoms with Gasteiger partial charge in [0.15, 0.2) is 5.16 Å². The molecule has 0 aliphatic carbocycles. The Bertz CT molecular complexity index is 1550. The molecule has 1 atom stereocenters. The van der Waals surface area contributed by atoms with Gasteiger partial charge in [0.05, 0.1) is 10.6 Å². The van der Waals surface area contributed by atoms with E-state index in [4.69, 9.17) is 0 Å². The number of aromatic nitrogens is 3. The van der Waals surface area contributed by atoms with E-state index < -0.39 is 5.25 Å². The van der Waals surface area contributed by atoms with Crippen molar-refractivity contribution in [3.63, 3.8) is 0 Å². The number of thiophene rings is 1. The van der Waals surface area contributed by atoms with Crippen LogP contribution in [0.3, 0.4) is 0 Å². The number of nitrogens with zero attached hydrogens (tertiary/aromatic N) is 3. The largest absolute Gasteiger partial charge is 0.341 e. The molecule has 1 N–H and O–H groups in total. The SMILES string of the molecule is CCn1c2ccccc2c2cc(NC(=O)C(C)Sc3nc4sccc4c(=O)n3C)ccc21. The minimum atomic E-state index is -0.418. The van der Waals surface area contributed by atoms with Crippen molar-refractivity contribution in [2.45, 2.75) is 30.8 Å². The number of benzene rings is 2. The number of para-hydroxylation sites is 1. The van der Waals surface area contributed by atoms with Gasteiger partial charge in [0.2, 0.25) is 5.91 Å². The smallest absolute Gasteiger partial charge is 0.262 e. The molecule has 32 heavy (non-hydrogen) atoms. The van der Waals surface area contributed by atoms with Crippen molar-refractivity contribution in [1.82, 2.24) is 14.1 Å². The van der Waals surface area contributed by atoms with Gasteiger partial charge in [-0.2, -0.15) is 0 Å². The highest BCUT2D eigenvalue weighted by atomic mass is 32.2. The number of amides is 1. The normalized spacial score (nSPS) is 12.6. The number of carbonyl (C=O) groups is 1. The number of fused-ring (bicyclic) bond motifs is 4. The number of thioether (sulfide) groups is 1. The van der Waals surface area contributed by atoms with Crippen molar-refractivity contribution in [2.24, 2.45) is 7.05 Å². The zero-order valence-corrected chi connectivity index (χ0v) is 19.6. The highest BCUT2D eigenvalue weighted by molar-refractivity contribution is 8.00. The maximum absolute atomic E-state index is 12.9. The molecule has 5 aromatic rings. The average Bonchev–Trinajstić information content (AvgIpc) is 3.39. The molecule has 0 bridgehead atoms. The number of hydrogen-bond acceptors (Lipinski definition) is 5. The van der Waals surface area contributed by atoms with Crippen LogP contribution in [-0.2, 0) is 18.4 Å². The lowest BCUT2D eigenvalue weighted by Gasteiger charge is -2.14. The van der Waals surface area contributed by atoms with Crippen molar-refractivity contribution < 1.29 is 4.79 Å². The predicted octanol–water partition coefficient (Wildman–Crippen LogP) is 5.24. The van der Waals surface area contributed by atoms with Gasteiger partial charge >= 0.3 is 0 Å². The van der Waals surface area contributed by atoms with Crippen LogP contribution < -0.4 is 10.9 Å². The molecule has 3 heterocycles. The highest BCUT2D eigenvalue weighted by Crippen LogP contribution is 2.31. The minimum absolute atomic E-state index is 0.0934. The van der Waals surface area contributed by atoms with Crippen LogP contribution in [0.1, 0.15) is 13.8 Å². The number of carbonyl (C=O) groups excluding carboxylic acids is 1. The van der Waals surface area contributed by atoms with Gasteiger partial charge in [0.25, 0.3) is 5.56 Å². The highest BCUT2D eigenvalue weighted by Gasteiger charge is 2.19. The van der Waals surface area contributed by atoms with Crippen molar-refractivity contribution in [3.05, 3.63) is 64.3 Å². The molecule has 0 saturated carbocycles. The molecule has 6 nitrogen and oxygen atoms in total. The van der Waals surface area contributed by atoms with E-state index in [1.807, 2.05) is 36.6 Å². The second-order valence-electron chi connectivity index (χ2n) is 7.64. The summed E-state index contributed by atoms with van der Waals surface area (Å²) in [5.41, 5.74) is 3.00. The van der Waals surface area contributed by atoms with Crippen molar-refractivity contribution in [2.75, 3.05) is 5.32 Å². The molecule has 5 rings (SSSR count). The number of aryl methyl sites for hydroxylation is 1. The number of hydrogen-bond donors (Lipinski definition) is 1. The van der Waals surface area contributed by atoms with E-state index in [9.17, 15) is 9.59 Å². The van der Waals surface area contributed by atoms with Gasteiger partial charge in [-0.1, -0.05) is 30.0 Å². The summed E-state index contributed by atoms with van der Waals surface area (Å²) in [6, 6.07) is 16.1. The minimum Gasteiger partial charge on any atom is -0.341 e. The van der Waals surface area contributed by atoms with Gasteiger partial charge in [-0.15, -0.1) is 11.3 Å². The quantitative estimate of drug-likeness (QED) is 0.286. The van der Waals surface area contributed by atoms with E-state index in [0.717, 1.165) is 23.1 Å². The fourth-order valence-corrected chi connectivity index (χ4v) is 5.69. The van der Waals surface area contributed by atoms with E-state index in [2.05, 4.69) is 40.0 Å². The molecule has 2 aromatic carbocycles. The molecular weight excluding hydrogens is 440 g/mol. The molecule has 0 aliphatic heterocycles. The first-order valence-electron chi connectivity index (χ1n) is 10.4. The van der Waals surface area contributed by atoms with E-state index in [-0.39, 0.29) is 11.5 Å². The molecule has 3 aromatic heterocycles. The number of nitrogens with one attached hydrogen (secondary N) is 1. The third-order valence-corrected chi connectivity index (χ3v) is 7.62. The standard InChI is InChI=1S/C24H22N4O2S2/c1-4-28-19-8-6-5-7-16(19)18-13-15(9-10-20(18)28)25-21(29)14(2)32-24-26-22-17(11-12-31-22)23(30)27(24)3/h5-14H,4H2,1-3H3,(H,25,29). The Labute approximate surface area is 192 Å². The first kappa shape index (κ1) is 20.8. The summed E-state index contributed by atoms with van der Waals surface area (Å²) in [7, 11) is 1.69. The Morgan fingerprint density at radius 1 is 1.12 bits per heavy atom. The van der Waals surface area contributed by atoms with Gasteiger partial charge in [-0.25, -0.2) is 4.98 Å². The maximum Gasteiger partial charge on any atom is 0.262 e. The second-order valence-corrected chi connectivity index (χ2v) is 9.84. The van der Waals surface area contributed by atoms with Crippen LogP contribution in [0.2, 0.25) is 0 Å². The number of rotatable bonds is 5.